The van der Waals surface area contributed by atoms with Crippen LogP contribution in [0.5, 0.6) is 5.75 Å². The summed E-state index contributed by atoms with van der Waals surface area (Å²) < 4.78 is 21.1. The summed E-state index contributed by atoms with van der Waals surface area (Å²) in [6.07, 6.45) is 3.19. The third-order valence-electron chi connectivity index (χ3n) is 4.98. The highest BCUT2D eigenvalue weighted by Crippen LogP contribution is 2.32. The lowest BCUT2D eigenvalue weighted by Gasteiger charge is -2.19. The Balaban J connectivity index is 1.70. The summed E-state index contributed by atoms with van der Waals surface area (Å²) in [5.74, 6) is -0.0502. The molecule has 0 fully saturated rings. The number of benzene rings is 1. The number of nitrogens with one attached hydrogen (secondary N) is 1. The van der Waals surface area contributed by atoms with E-state index in [4.69, 9.17) is 4.74 Å². The molecule has 4 rings (SSSR count). The number of nitrogens with zero attached hydrogens (tertiary/aromatic N) is 3. The van der Waals surface area contributed by atoms with Crippen molar-refractivity contribution in [3.8, 4) is 5.75 Å². The predicted octanol–water partition coefficient (Wildman–Crippen LogP) is 4.10. The number of carbonyl (C=O) groups is 1. The molecule has 2 aromatic heterocycles. The van der Waals surface area contributed by atoms with Gasteiger partial charge in [0.1, 0.15) is 11.6 Å². The number of rotatable bonds is 3. The minimum atomic E-state index is -0.349. The van der Waals surface area contributed by atoms with E-state index in [1.54, 1.807) is 18.3 Å². The fraction of sp³-hybridized carbons (Fsp3) is 0.381. The molecule has 146 valence electrons. The number of aromatic nitrogens is 3. The molecule has 0 bridgehead atoms. The number of pyridine rings is 1. The monoisotopic (exact) mass is 382 g/mol. The van der Waals surface area contributed by atoms with E-state index < -0.39 is 0 Å². The second kappa shape index (κ2) is 7.22. The van der Waals surface area contributed by atoms with Gasteiger partial charge in [0.15, 0.2) is 5.65 Å². The van der Waals surface area contributed by atoms with Crippen LogP contribution < -0.4 is 10.1 Å². The second-order valence-corrected chi connectivity index (χ2v) is 7.43. The molecule has 3 heterocycles. The van der Waals surface area contributed by atoms with Crippen molar-refractivity contribution in [2.45, 2.75) is 45.7 Å². The summed E-state index contributed by atoms with van der Waals surface area (Å²) >= 11 is 0. The molecule has 1 amide bonds. The van der Waals surface area contributed by atoms with Crippen molar-refractivity contribution in [1.82, 2.24) is 20.1 Å². The first-order valence-electron chi connectivity index (χ1n) is 9.52. The molecular formula is C21H23FN4O2. The van der Waals surface area contributed by atoms with Crippen LogP contribution in [0.3, 0.4) is 0 Å². The van der Waals surface area contributed by atoms with Gasteiger partial charge in [0.2, 0.25) is 0 Å². The SMILES string of the molecule is Cc1cc(C(=O)NC2CCCOc3cc(F)ccc32)c2cnn(C(C)C)c2n1. The van der Waals surface area contributed by atoms with Gasteiger partial charge in [-0.2, -0.15) is 5.10 Å². The number of carbonyl (C=O) groups excluding carboxylic acids is 1. The van der Waals surface area contributed by atoms with Crippen molar-refractivity contribution in [2.24, 2.45) is 0 Å². The Morgan fingerprint density at radius 2 is 2.18 bits per heavy atom. The van der Waals surface area contributed by atoms with E-state index in [0.717, 1.165) is 29.5 Å². The van der Waals surface area contributed by atoms with Gasteiger partial charge >= 0.3 is 0 Å². The van der Waals surface area contributed by atoms with Crippen LogP contribution in [-0.2, 0) is 0 Å². The molecule has 0 spiro atoms. The zero-order chi connectivity index (χ0) is 19.8. The summed E-state index contributed by atoms with van der Waals surface area (Å²) in [5.41, 5.74) is 2.80. The lowest BCUT2D eigenvalue weighted by atomic mass is 10.0. The first-order chi connectivity index (χ1) is 13.4. The molecule has 1 aromatic carbocycles. The molecule has 1 aliphatic heterocycles. The van der Waals surface area contributed by atoms with Gasteiger partial charge in [-0.05, 0) is 45.7 Å². The summed E-state index contributed by atoms with van der Waals surface area (Å²) in [6.45, 7) is 6.42. The summed E-state index contributed by atoms with van der Waals surface area (Å²) in [4.78, 5) is 17.7. The zero-order valence-corrected chi connectivity index (χ0v) is 16.2. The zero-order valence-electron chi connectivity index (χ0n) is 16.2. The van der Waals surface area contributed by atoms with E-state index in [1.165, 1.54) is 12.1 Å². The minimum Gasteiger partial charge on any atom is -0.493 e. The van der Waals surface area contributed by atoms with E-state index in [-0.39, 0.29) is 23.8 Å². The van der Waals surface area contributed by atoms with Crippen LogP contribution in [0.4, 0.5) is 4.39 Å². The van der Waals surface area contributed by atoms with Crippen molar-refractivity contribution < 1.29 is 13.9 Å². The molecule has 7 heteroatoms. The number of hydrogen-bond donors (Lipinski definition) is 1. The molecule has 1 aliphatic rings. The number of hydrogen-bond acceptors (Lipinski definition) is 4. The molecule has 6 nitrogen and oxygen atoms in total. The third-order valence-corrected chi connectivity index (χ3v) is 4.98. The van der Waals surface area contributed by atoms with E-state index in [9.17, 15) is 9.18 Å². The van der Waals surface area contributed by atoms with E-state index >= 15 is 0 Å². The average Bonchev–Trinajstić information content (AvgIpc) is 2.97. The van der Waals surface area contributed by atoms with Crippen LogP contribution in [-0.4, -0.2) is 27.3 Å². The first kappa shape index (κ1) is 18.4. The van der Waals surface area contributed by atoms with Gasteiger partial charge in [-0.1, -0.05) is 6.07 Å². The number of halogens is 1. The van der Waals surface area contributed by atoms with Crippen LogP contribution in [0.15, 0.2) is 30.5 Å². The molecular weight excluding hydrogens is 359 g/mol. The minimum absolute atomic E-state index is 0.142. The lowest BCUT2D eigenvalue weighted by Crippen LogP contribution is -2.28. The highest BCUT2D eigenvalue weighted by atomic mass is 19.1. The number of aryl methyl sites for hydroxylation is 1. The Labute approximate surface area is 162 Å². The van der Waals surface area contributed by atoms with Gasteiger partial charge in [-0.15, -0.1) is 0 Å². The van der Waals surface area contributed by atoms with Crippen LogP contribution in [0.1, 0.15) is 60.4 Å². The number of amides is 1. The van der Waals surface area contributed by atoms with Crippen molar-refractivity contribution >= 4 is 16.9 Å². The molecule has 1 atom stereocenters. The lowest BCUT2D eigenvalue weighted by molar-refractivity contribution is 0.0936. The predicted molar refractivity (Wildman–Crippen MR) is 104 cm³/mol. The average molecular weight is 382 g/mol. The van der Waals surface area contributed by atoms with Gasteiger partial charge < -0.3 is 10.1 Å². The maximum atomic E-state index is 13.6. The van der Waals surface area contributed by atoms with Crippen LogP contribution in [0, 0.1) is 12.7 Å². The molecule has 28 heavy (non-hydrogen) atoms. The largest absolute Gasteiger partial charge is 0.493 e. The van der Waals surface area contributed by atoms with E-state index in [1.807, 2.05) is 25.5 Å². The fourth-order valence-electron chi connectivity index (χ4n) is 3.64. The Morgan fingerprint density at radius 3 is 2.96 bits per heavy atom. The number of fused-ring (bicyclic) bond motifs is 2. The Bertz CT molecular complexity index is 1040. The van der Waals surface area contributed by atoms with Crippen LogP contribution in [0.25, 0.3) is 11.0 Å². The van der Waals surface area contributed by atoms with Gasteiger partial charge in [-0.25, -0.2) is 14.1 Å². The van der Waals surface area contributed by atoms with Gasteiger partial charge in [0.05, 0.1) is 29.8 Å². The van der Waals surface area contributed by atoms with E-state index in [2.05, 4.69) is 15.4 Å². The topological polar surface area (TPSA) is 69.0 Å². The normalized spacial score (nSPS) is 16.5. The molecule has 0 radical (unpaired) electrons. The highest BCUT2D eigenvalue weighted by Gasteiger charge is 2.24. The third kappa shape index (κ3) is 3.32. The fourth-order valence-corrected chi connectivity index (χ4v) is 3.64. The molecule has 0 saturated heterocycles. The van der Waals surface area contributed by atoms with Crippen molar-refractivity contribution in [3.05, 3.63) is 53.1 Å². The highest BCUT2D eigenvalue weighted by molar-refractivity contribution is 6.05. The van der Waals surface area contributed by atoms with E-state index in [0.29, 0.717) is 23.6 Å². The second-order valence-electron chi connectivity index (χ2n) is 7.43. The van der Waals surface area contributed by atoms with Crippen molar-refractivity contribution in [1.29, 1.82) is 0 Å². The van der Waals surface area contributed by atoms with Crippen LogP contribution >= 0.6 is 0 Å². The summed E-state index contributed by atoms with van der Waals surface area (Å²) in [7, 11) is 0. The standard InChI is InChI=1S/C21H23FN4O2/c1-12(2)26-20-17(11-23-26)16(9-13(3)24-20)21(27)25-18-5-4-8-28-19-10-14(22)6-7-15(18)19/h6-7,9-12,18H,4-5,8H2,1-3H3,(H,25,27). The van der Waals surface area contributed by atoms with Gasteiger partial charge in [0, 0.05) is 23.4 Å². The molecule has 3 aromatic rings. The maximum Gasteiger partial charge on any atom is 0.252 e. The van der Waals surface area contributed by atoms with Gasteiger partial charge in [0.25, 0.3) is 5.91 Å². The van der Waals surface area contributed by atoms with Crippen molar-refractivity contribution in [3.63, 3.8) is 0 Å². The molecule has 1 N–H and O–H groups in total. The Morgan fingerprint density at radius 1 is 1.36 bits per heavy atom. The van der Waals surface area contributed by atoms with Crippen LogP contribution in [0.2, 0.25) is 0 Å². The smallest absolute Gasteiger partial charge is 0.252 e. The molecule has 0 saturated carbocycles. The molecule has 1 unspecified atom stereocenters. The quantitative estimate of drug-likeness (QED) is 0.740. The summed E-state index contributed by atoms with van der Waals surface area (Å²) in [5, 5.41) is 8.22. The number of ether oxygens (including phenoxy) is 1. The van der Waals surface area contributed by atoms with Crippen molar-refractivity contribution in [2.75, 3.05) is 6.61 Å². The Hall–Kier alpha value is -2.96. The Kier molecular flexibility index (Phi) is 4.75. The van der Waals surface area contributed by atoms with Gasteiger partial charge in [-0.3, -0.25) is 4.79 Å². The summed E-state index contributed by atoms with van der Waals surface area (Å²) in [6, 6.07) is 6.14. The first-order valence-corrected chi connectivity index (χ1v) is 9.52. The maximum absolute atomic E-state index is 13.6. The molecule has 0 aliphatic carbocycles.